The smallest absolute Gasteiger partial charge is 0.0578 e. The third-order valence-electron chi connectivity index (χ3n) is 10.2. The van der Waals surface area contributed by atoms with Crippen LogP contribution in [0, 0.1) is 46.3 Å². The maximum atomic E-state index is 10.2. The fourth-order valence-electron chi connectivity index (χ4n) is 8.13. The lowest BCUT2D eigenvalue weighted by atomic mass is 9.51. The van der Waals surface area contributed by atoms with Gasteiger partial charge < -0.3 is 5.11 Å². The minimum Gasteiger partial charge on any atom is -0.393 e. The lowest BCUT2D eigenvalue weighted by Gasteiger charge is -2.54. The first kappa shape index (κ1) is 22.4. The van der Waals surface area contributed by atoms with E-state index >= 15 is 0 Å². The molecule has 30 heavy (non-hydrogen) atoms. The number of aliphatic hydroxyl groups is 1. The number of fused-ring (bicyclic) bond motifs is 5. The van der Waals surface area contributed by atoms with Crippen LogP contribution >= 0.6 is 0 Å². The fourth-order valence-corrected chi connectivity index (χ4v) is 8.13. The number of hydrogen-bond acceptors (Lipinski definition) is 1. The zero-order valence-electron chi connectivity index (χ0n) is 20.5. The van der Waals surface area contributed by atoms with Gasteiger partial charge in [-0.3, -0.25) is 0 Å². The summed E-state index contributed by atoms with van der Waals surface area (Å²) in [6.07, 6.45) is 19.8. The van der Waals surface area contributed by atoms with Crippen molar-refractivity contribution >= 4 is 0 Å². The second-order valence-corrected chi connectivity index (χ2v) is 12.0. The summed E-state index contributed by atoms with van der Waals surface area (Å²) in [6, 6.07) is 0. The lowest BCUT2D eigenvalue weighted by molar-refractivity contribution is 0.0664. The zero-order valence-corrected chi connectivity index (χ0v) is 20.5. The third-order valence-corrected chi connectivity index (χ3v) is 10.2. The Morgan fingerprint density at radius 1 is 1.10 bits per heavy atom. The third kappa shape index (κ3) is 3.58. The van der Waals surface area contributed by atoms with Crippen molar-refractivity contribution in [2.24, 2.45) is 46.3 Å². The highest BCUT2D eigenvalue weighted by molar-refractivity contribution is 5.39. The van der Waals surface area contributed by atoms with Gasteiger partial charge >= 0.3 is 0 Å². The molecule has 0 spiro atoms. The molecule has 0 amide bonds. The Balaban J connectivity index is 1.55. The summed E-state index contributed by atoms with van der Waals surface area (Å²) in [5.74, 6) is 4.53. The van der Waals surface area contributed by atoms with E-state index < -0.39 is 0 Å². The molecule has 1 N–H and O–H groups in total. The van der Waals surface area contributed by atoms with E-state index in [4.69, 9.17) is 0 Å². The molecule has 1 nitrogen and oxygen atoms in total. The van der Waals surface area contributed by atoms with Gasteiger partial charge in [-0.15, -0.1) is 0 Å². The van der Waals surface area contributed by atoms with Crippen molar-refractivity contribution in [3.8, 4) is 0 Å². The molecule has 8 atom stereocenters. The molecular formula is C29H46O. The van der Waals surface area contributed by atoms with Crippen LogP contribution in [0.5, 0.6) is 0 Å². The van der Waals surface area contributed by atoms with Crippen molar-refractivity contribution < 1.29 is 5.11 Å². The molecule has 0 bridgehead atoms. The molecule has 168 valence electrons. The molecule has 4 aliphatic rings. The summed E-state index contributed by atoms with van der Waals surface area (Å²) in [5.41, 5.74) is 3.98. The molecule has 1 heteroatoms. The van der Waals surface area contributed by atoms with Gasteiger partial charge in [0.25, 0.3) is 0 Å². The molecule has 0 radical (unpaired) electrons. The van der Waals surface area contributed by atoms with E-state index in [2.05, 4.69) is 65.8 Å². The van der Waals surface area contributed by atoms with Crippen LogP contribution in [0.3, 0.4) is 0 Å². The largest absolute Gasteiger partial charge is 0.393 e. The summed E-state index contributed by atoms with van der Waals surface area (Å²) in [5, 5.41) is 10.2. The Morgan fingerprint density at radius 2 is 1.87 bits per heavy atom. The van der Waals surface area contributed by atoms with Gasteiger partial charge in [0.1, 0.15) is 0 Å². The molecule has 4 rings (SSSR count). The molecule has 0 saturated heterocycles. The molecular weight excluding hydrogens is 364 g/mol. The van der Waals surface area contributed by atoms with Crippen LogP contribution in [0.15, 0.2) is 35.5 Å². The van der Waals surface area contributed by atoms with E-state index in [9.17, 15) is 5.11 Å². The second-order valence-electron chi connectivity index (χ2n) is 12.0. The van der Waals surface area contributed by atoms with E-state index in [1.54, 1.807) is 5.57 Å². The fraction of sp³-hybridized carbons (Fsp3) is 0.793. The molecule has 0 aliphatic heterocycles. The highest BCUT2D eigenvalue weighted by Crippen LogP contribution is 2.65. The van der Waals surface area contributed by atoms with Gasteiger partial charge in [0.05, 0.1) is 6.10 Å². The molecule has 0 heterocycles. The summed E-state index contributed by atoms with van der Waals surface area (Å²) < 4.78 is 0. The van der Waals surface area contributed by atoms with Crippen LogP contribution in [-0.4, -0.2) is 11.2 Å². The average Bonchev–Trinajstić information content (AvgIpc) is 3.06. The standard InChI is InChI=1S/C29H46O/c1-7-21(19(2)3)9-8-20(4)25-12-13-26-24-11-10-22-18-23(30)14-16-28(22,5)27(24)15-17-29(25,26)6/h8-10,15,19-21,23-26,30H,7,11-14,16-18H2,1-6H3/b9-8+/t20-,21-,23+,24+,25-,26-,28+,29-/m1/s1. The number of hydrogen-bond donors (Lipinski definition) is 1. The van der Waals surface area contributed by atoms with Crippen molar-refractivity contribution in [2.75, 3.05) is 0 Å². The summed E-state index contributed by atoms with van der Waals surface area (Å²) >= 11 is 0. The van der Waals surface area contributed by atoms with Gasteiger partial charge in [0, 0.05) is 5.41 Å². The Kier molecular flexibility index (Phi) is 6.17. The van der Waals surface area contributed by atoms with E-state index in [0.717, 1.165) is 48.9 Å². The molecule has 4 aliphatic carbocycles. The summed E-state index contributed by atoms with van der Waals surface area (Å²) in [6.45, 7) is 14.6. The Bertz CT molecular complexity index is 727. The van der Waals surface area contributed by atoms with Gasteiger partial charge in [0.2, 0.25) is 0 Å². The Hall–Kier alpha value is -0.820. The van der Waals surface area contributed by atoms with Gasteiger partial charge in [-0.1, -0.05) is 77.0 Å². The second kappa shape index (κ2) is 8.27. The predicted octanol–water partition coefficient (Wildman–Crippen LogP) is 7.72. The van der Waals surface area contributed by atoms with Crippen LogP contribution in [0.25, 0.3) is 0 Å². The van der Waals surface area contributed by atoms with Crippen LogP contribution in [-0.2, 0) is 0 Å². The first-order valence-electron chi connectivity index (χ1n) is 13.0. The molecule has 2 fully saturated rings. The monoisotopic (exact) mass is 410 g/mol. The SMILES string of the molecule is CC[C@H](/C=C/[C@@H](C)[C@H]1CC[C@@H]2[C@@H]3CC=C4C[C@@H](O)CC[C@]4(C)C3=CC[C@]12C)C(C)C. The van der Waals surface area contributed by atoms with Crippen LogP contribution in [0.4, 0.5) is 0 Å². The predicted molar refractivity (Wildman–Crippen MR) is 128 cm³/mol. The number of rotatable bonds is 5. The van der Waals surface area contributed by atoms with Crippen molar-refractivity contribution in [3.63, 3.8) is 0 Å². The van der Waals surface area contributed by atoms with E-state index in [1.807, 2.05) is 0 Å². The van der Waals surface area contributed by atoms with Crippen molar-refractivity contribution in [3.05, 3.63) is 35.5 Å². The minimum absolute atomic E-state index is 0.114. The van der Waals surface area contributed by atoms with Gasteiger partial charge in [-0.25, -0.2) is 0 Å². The Morgan fingerprint density at radius 3 is 2.57 bits per heavy atom. The van der Waals surface area contributed by atoms with Crippen LogP contribution in [0.1, 0.15) is 92.9 Å². The summed E-state index contributed by atoms with van der Waals surface area (Å²) in [7, 11) is 0. The van der Waals surface area contributed by atoms with Crippen LogP contribution in [0.2, 0.25) is 0 Å². The number of allylic oxidation sites excluding steroid dienone is 5. The topological polar surface area (TPSA) is 20.2 Å². The van der Waals surface area contributed by atoms with Crippen molar-refractivity contribution in [1.29, 1.82) is 0 Å². The summed E-state index contributed by atoms with van der Waals surface area (Å²) in [4.78, 5) is 0. The molecule has 0 aromatic heterocycles. The first-order chi connectivity index (χ1) is 14.2. The average molecular weight is 411 g/mol. The number of aliphatic hydroxyl groups excluding tert-OH is 1. The minimum atomic E-state index is -0.114. The quantitative estimate of drug-likeness (QED) is 0.460. The van der Waals surface area contributed by atoms with Gasteiger partial charge in [0.15, 0.2) is 0 Å². The van der Waals surface area contributed by atoms with Crippen molar-refractivity contribution in [1.82, 2.24) is 0 Å². The van der Waals surface area contributed by atoms with Gasteiger partial charge in [-0.05, 0) is 92.3 Å². The maximum absolute atomic E-state index is 10.2. The van der Waals surface area contributed by atoms with E-state index in [0.29, 0.717) is 11.3 Å². The molecule has 2 saturated carbocycles. The molecule has 0 aromatic rings. The Labute approximate surface area is 186 Å². The van der Waals surface area contributed by atoms with Crippen molar-refractivity contribution in [2.45, 2.75) is 99.0 Å². The van der Waals surface area contributed by atoms with E-state index in [1.165, 1.54) is 37.7 Å². The van der Waals surface area contributed by atoms with Gasteiger partial charge in [-0.2, -0.15) is 0 Å². The zero-order chi connectivity index (χ0) is 21.7. The maximum Gasteiger partial charge on any atom is 0.0578 e. The lowest BCUT2D eigenvalue weighted by Crippen LogP contribution is -2.45. The molecule has 0 unspecified atom stereocenters. The normalized spacial score (nSPS) is 42.9. The molecule has 0 aromatic carbocycles. The first-order valence-corrected chi connectivity index (χ1v) is 13.0. The highest BCUT2D eigenvalue weighted by atomic mass is 16.3. The van der Waals surface area contributed by atoms with E-state index in [-0.39, 0.29) is 11.5 Å². The van der Waals surface area contributed by atoms with Crippen LogP contribution < -0.4 is 0 Å². The highest BCUT2D eigenvalue weighted by Gasteiger charge is 2.56.